The third-order valence-corrected chi connectivity index (χ3v) is 5.77. The van der Waals surface area contributed by atoms with Crippen molar-refractivity contribution < 1.29 is 33.8 Å². The van der Waals surface area contributed by atoms with E-state index in [9.17, 15) is 24.3 Å². The van der Waals surface area contributed by atoms with Gasteiger partial charge in [0.25, 0.3) is 0 Å². The number of carbonyl (C=O) groups is 4. The van der Waals surface area contributed by atoms with Crippen LogP contribution in [0.1, 0.15) is 70.5 Å². The number of alkyl carbamates (subject to hydrolysis) is 1. The van der Waals surface area contributed by atoms with Gasteiger partial charge in [-0.25, -0.2) is 4.79 Å². The molecule has 202 valence electrons. The van der Waals surface area contributed by atoms with Crippen molar-refractivity contribution in [1.29, 1.82) is 0 Å². The average molecular weight is 516 g/mol. The van der Waals surface area contributed by atoms with Crippen LogP contribution in [0, 0.1) is 12.3 Å². The van der Waals surface area contributed by atoms with Gasteiger partial charge in [0, 0.05) is 18.2 Å². The number of amides is 3. The molecule has 0 bridgehead atoms. The first kappa shape index (κ1) is 29.6. The number of terminal acetylenes is 1. The fourth-order valence-corrected chi connectivity index (χ4v) is 3.90. The Labute approximate surface area is 218 Å². The molecule has 10 nitrogen and oxygen atoms in total. The Balaban J connectivity index is 2.41. The first-order valence-corrected chi connectivity index (χ1v) is 12.4. The molecule has 1 fully saturated rings. The van der Waals surface area contributed by atoms with Crippen LogP contribution in [0.4, 0.5) is 4.79 Å². The summed E-state index contributed by atoms with van der Waals surface area (Å²) in [6, 6.07) is 3.96. The second-order valence-electron chi connectivity index (χ2n) is 9.69. The van der Waals surface area contributed by atoms with Crippen LogP contribution in [-0.2, 0) is 23.9 Å². The fraction of sp³-hybridized carbons (Fsp3) is 0.556. The Bertz CT molecular complexity index is 1010. The highest BCUT2D eigenvalue weighted by molar-refractivity contribution is 5.93. The molecule has 0 spiro atoms. The Hall–Kier alpha value is -3.58. The quantitative estimate of drug-likeness (QED) is 0.303. The highest BCUT2D eigenvalue weighted by atomic mass is 16.6. The number of benzene rings is 1. The SMILES string of the molecule is C#Cc1ccccc1C(C(=O)NCCC(=O)OCC)N(C(=O)C(CO)NC(=O)OC(C)(C)C)C1CCC1. The lowest BCUT2D eigenvalue weighted by Crippen LogP contribution is -2.58. The lowest BCUT2D eigenvalue weighted by atomic mass is 9.87. The molecule has 2 rings (SSSR count). The molecule has 1 saturated carbocycles. The standard InChI is InChI=1S/C27H37N3O7/c1-6-18-11-8-9-14-20(18)23(24(33)28-16-15-22(32)36-7-2)30(19-12-10-13-19)25(34)21(17-31)29-26(35)37-27(3,4)5/h1,8-9,11,14,19,21,23,31H,7,10,12-13,15-17H2,2-5H3,(H,28,33)(H,29,35). The van der Waals surface area contributed by atoms with Crippen LogP contribution in [-0.4, -0.2) is 71.3 Å². The van der Waals surface area contributed by atoms with Crippen molar-refractivity contribution in [3.05, 3.63) is 35.4 Å². The van der Waals surface area contributed by atoms with Gasteiger partial charge < -0.3 is 30.1 Å². The van der Waals surface area contributed by atoms with E-state index >= 15 is 0 Å². The topological polar surface area (TPSA) is 134 Å². The molecule has 1 aliphatic carbocycles. The molecule has 1 aromatic rings. The molecule has 0 heterocycles. The van der Waals surface area contributed by atoms with Crippen LogP contribution in [0.3, 0.4) is 0 Å². The molecule has 0 saturated heterocycles. The van der Waals surface area contributed by atoms with Crippen molar-refractivity contribution in [2.45, 2.75) is 77.1 Å². The van der Waals surface area contributed by atoms with Crippen molar-refractivity contribution in [2.24, 2.45) is 0 Å². The molecule has 1 aliphatic rings. The van der Waals surface area contributed by atoms with Gasteiger partial charge >= 0.3 is 12.1 Å². The number of ether oxygens (including phenoxy) is 2. The highest BCUT2D eigenvalue weighted by Crippen LogP contribution is 2.34. The second kappa shape index (κ2) is 13.7. The normalized spacial score (nSPS) is 14.8. The molecule has 1 aromatic carbocycles. The number of rotatable bonds is 11. The summed E-state index contributed by atoms with van der Waals surface area (Å²) < 4.78 is 10.2. The summed E-state index contributed by atoms with van der Waals surface area (Å²) in [4.78, 5) is 52.9. The van der Waals surface area contributed by atoms with E-state index < -0.39 is 48.2 Å². The average Bonchev–Trinajstić information content (AvgIpc) is 2.79. The number of aliphatic hydroxyl groups is 1. The first-order chi connectivity index (χ1) is 17.5. The molecule has 0 aromatic heterocycles. The molecule has 3 N–H and O–H groups in total. The van der Waals surface area contributed by atoms with Crippen LogP contribution in [0.25, 0.3) is 0 Å². The molecule has 3 amide bonds. The molecule has 0 radical (unpaired) electrons. The molecule has 10 heteroatoms. The van der Waals surface area contributed by atoms with Gasteiger partial charge in [0.15, 0.2) is 0 Å². The Morgan fingerprint density at radius 3 is 2.43 bits per heavy atom. The number of hydrogen-bond donors (Lipinski definition) is 3. The predicted octanol–water partition coefficient (Wildman–Crippen LogP) is 2.05. The van der Waals surface area contributed by atoms with Gasteiger partial charge in [0.05, 0.1) is 19.6 Å². The summed E-state index contributed by atoms with van der Waals surface area (Å²) in [6.45, 7) is 6.24. The van der Waals surface area contributed by atoms with E-state index in [1.54, 1.807) is 52.0 Å². The smallest absolute Gasteiger partial charge is 0.408 e. The molecule has 2 unspecified atom stereocenters. The lowest BCUT2D eigenvalue weighted by molar-refractivity contribution is -0.148. The van der Waals surface area contributed by atoms with Gasteiger partial charge in [-0.1, -0.05) is 24.1 Å². The molecular weight excluding hydrogens is 478 g/mol. The summed E-state index contributed by atoms with van der Waals surface area (Å²) in [7, 11) is 0. The summed E-state index contributed by atoms with van der Waals surface area (Å²) in [6.07, 6.45) is 6.93. The highest BCUT2D eigenvalue weighted by Gasteiger charge is 2.42. The van der Waals surface area contributed by atoms with Crippen molar-refractivity contribution in [1.82, 2.24) is 15.5 Å². The summed E-state index contributed by atoms with van der Waals surface area (Å²) in [5.41, 5.74) is 0.0344. The summed E-state index contributed by atoms with van der Waals surface area (Å²) in [5, 5.41) is 15.1. The maximum absolute atomic E-state index is 13.8. The van der Waals surface area contributed by atoms with Crippen LogP contribution in [0.5, 0.6) is 0 Å². The maximum atomic E-state index is 13.8. The zero-order valence-corrected chi connectivity index (χ0v) is 21.9. The summed E-state index contributed by atoms with van der Waals surface area (Å²) >= 11 is 0. The minimum atomic E-state index is -1.34. The van der Waals surface area contributed by atoms with Crippen molar-refractivity contribution in [3.8, 4) is 12.3 Å². The largest absolute Gasteiger partial charge is 0.466 e. The molecule has 0 aliphatic heterocycles. The number of hydrogen-bond acceptors (Lipinski definition) is 7. The van der Waals surface area contributed by atoms with E-state index in [-0.39, 0.29) is 25.6 Å². The van der Waals surface area contributed by atoms with Crippen LogP contribution in [0.15, 0.2) is 24.3 Å². The van der Waals surface area contributed by atoms with Gasteiger partial charge in [0.2, 0.25) is 11.8 Å². The van der Waals surface area contributed by atoms with Crippen LogP contribution < -0.4 is 10.6 Å². The van der Waals surface area contributed by atoms with Gasteiger partial charge in [-0.15, -0.1) is 6.42 Å². The van der Waals surface area contributed by atoms with E-state index in [2.05, 4.69) is 16.6 Å². The minimum absolute atomic E-state index is 0.00132. The molecular formula is C27H37N3O7. The van der Waals surface area contributed by atoms with E-state index in [1.165, 1.54) is 4.90 Å². The van der Waals surface area contributed by atoms with Gasteiger partial charge in [-0.3, -0.25) is 14.4 Å². The van der Waals surface area contributed by atoms with Gasteiger partial charge in [-0.05, 0) is 58.6 Å². The molecule has 2 atom stereocenters. The van der Waals surface area contributed by atoms with E-state index in [1.807, 2.05) is 0 Å². The van der Waals surface area contributed by atoms with E-state index in [0.717, 1.165) is 6.42 Å². The van der Waals surface area contributed by atoms with Crippen molar-refractivity contribution in [3.63, 3.8) is 0 Å². The minimum Gasteiger partial charge on any atom is -0.466 e. The fourth-order valence-electron chi connectivity index (χ4n) is 3.90. The third kappa shape index (κ3) is 8.50. The van der Waals surface area contributed by atoms with E-state index in [0.29, 0.717) is 24.0 Å². The zero-order chi connectivity index (χ0) is 27.6. The molecule has 37 heavy (non-hydrogen) atoms. The Morgan fingerprint density at radius 1 is 1.22 bits per heavy atom. The van der Waals surface area contributed by atoms with Crippen LogP contribution in [0.2, 0.25) is 0 Å². The Morgan fingerprint density at radius 2 is 1.89 bits per heavy atom. The maximum Gasteiger partial charge on any atom is 0.408 e. The number of nitrogens with one attached hydrogen (secondary N) is 2. The number of aliphatic hydroxyl groups excluding tert-OH is 1. The van der Waals surface area contributed by atoms with Crippen molar-refractivity contribution >= 4 is 23.9 Å². The second-order valence-corrected chi connectivity index (χ2v) is 9.69. The van der Waals surface area contributed by atoms with Gasteiger partial charge in [-0.2, -0.15) is 0 Å². The number of esters is 1. The monoisotopic (exact) mass is 515 g/mol. The predicted molar refractivity (Wildman–Crippen MR) is 136 cm³/mol. The third-order valence-electron chi connectivity index (χ3n) is 5.77. The lowest BCUT2D eigenvalue weighted by Gasteiger charge is -2.43. The van der Waals surface area contributed by atoms with Crippen LogP contribution >= 0.6 is 0 Å². The van der Waals surface area contributed by atoms with E-state index in [4.69, 9.17) is 15.9 Å². The first-order valence-electron chi connectivity index (χ1n) is 12.4. The van der Waals surface area contributed by atoms with Gasteiger partial charge in [0.1, 0.15) is 17.7 Å². The summed E-state index contributed by atoms with van der Waals surface area (Å²) in [5.74, 6) is 0.916. The van der Waals surface area contributed by atoms with Crippen molar-refractivity contribution in [2.75, 3.05) is 19.8 Å². The zero-order valence-electron chi connectivity index (χ0n) is 21.9. The Kier molecular flexibility index (Phi) is 10.9. The number of nitrogens with zero attached hydrogens (tertiary/aromatic N) is 1. The number of carbonyl (C=O) groups excluding carboxylic acids is 4.